The summed E-state index contributed by atoms with van der Waals surface area (Å²) in [5.41, 5.74) is 1.27. The van der Waals surface area contributed by atoms with E-state index in [0.29, 0.717) is 11.1 Å². The van der Waals surface area contributed by atoms with Crippen LogP contribution in [0.4, 0.5) is 17.6 Å². The Balaban J connectivity index is 2.18. The van der Waals surface area contributed by atoms with Crippen molar-refractivity contribution in [1.82, 2.24) is 14.5 Å². The molecule has 0 aliphatic rings. The number of imidazole rings is 1. The lowest BCUT2D eigenvalue weighted by Crippen LogP contribution is -2.17. The van der Waals surface area contributed by atoms with Gasteiger partial charge in [-0.3, -0.25) is 4.98 Å². The van der Waals surface area contributed by atoms with E-state index in [1.165, 1.54) is 30.5 Å². The van der Waals surface area contributed by atoms with Gasteiger partial charge in [0, 0.05) is 11.8 Å². The molecule has 2 aromatic heterocycles. The molecule has 0 bridgehead atoms. The van der Waals surface area contributed by atoms with Crippen molar-refractivity contribution in [3.05, 3.63) is 60.3 Å². The molecule has 0 spiro atoms. The maximum atomic E-state index is 13.2. The molecule has 0 fully saturated rings. The normalized spacial score (nSPS) is 11.3. The maximum absolute atomic E-state index is 13.2. The topological polar surface area (TPSA) is 54.5 Å². The van der Waals surface area contributed by atoms with Crippen LogP contribution in [0.25, 0.3) is 22.6 Å². The van der Waals surface area contributed by atoms with Crippen molar-refractivity contribution in [2.24, 2.45) is 0 Å². The summed E-state index contributed by atoms with van der Waals surface area (Å²) in [6.07, 6.45) is -2.01. The molecule has 8 heteroatoms. The van der Waals surface area contributed by atoms with E-state index in [9.17, 15) is 17.6 Å². The average Bonchev–Trinajstić information content (AvgIpc) is 2.97. The van der Waals surface area contributed by atoms with Crippen LogP contribution >= 0.6 is 0 Å². The molecule has 0 radical (unpaired) electrons. The smallest absolute Gasteiger partial charge is 0.321 e. The summed E-state index contributed by atoms with van der Waals surface area (Å²) in [5.74, 6) is -0.503. The molecule has 0 amide bonds. The Morgan fingerprint density at radius 3 is 2.44 bits per heavy atom. The third-order valence-corrected chi connectivity index (χ3v) is 3.44. The van der Waals surface area contributed by atoms with Gasteiger partial charge in [-0.2, -0.15) is 18.4 Å². The minimum atomic E-state index is -4.45. The van der Waals surface area contributed by atoms with Gasteiger partial charge in [0.1, 0.15) is 18.1 Å². The second-order valence-corrected chi connectivity index (χ2v) is 5.23. The lowest BCUT2D eigenvalue weighted by Gasteiger charge is -2.12. The number of alkyl halides is 3. The van der Waals surface area contributed by atoms with Crippen LogP contribution in [0.5, 0.6) is 0 Å². The molecule has 2 heterocycles. The van der Waals surface area contributed by atoms with E-state index in [1.807, 2.05) is 6.07 Å². The highest BCUT2D eigenvalue weighted by Crippen LogP contribution is 2.32. The zero-order valence-corrected chi connectivity index (χ0v) is 12.6. The van der Waals surface area contributed by atoms with Gasteiger partial charge in [-0.15, -0.1) is 0 Å². The number of hydrogen-bond donors (Lipinski definition) is 0. The summed E-state index contributed by atoms with van der Waals surface area (Å²) < 4.78 is 52.7. The SMILES string of the molecule is N#Cc1ccnc(-c2ncn(CC(F)(F)F)c2-c2ccc(F)cc2)c1. The second-order valence-electron chi connectivity index (χ2n) is 5.23. The van der Waals surface area contributed by atoms with Crippen LogP contribution in [0.1, 0.15) is 5.56 Å². The Hall–Kier alpha value is -3.21. The third kappa shape index (κ3) is 3.66. The van der Waals surface area contributed by atoms with Crippen LogP contribution in [0.3, 0.4) is 0 Å². The summed E-state index contributed by atoms with van der Waals surface area (Å²) in [6, 6.07) is 9.92. The predicted molar refractivity (Wildman–Crippen MR) is 81.6 cm³/mol. The molecule has 25 heavy (non-hydrogen) atoms. The fraction of sp³-hybridized carbons (Fsp3) is 0.118. The first-order valence-corrected chi connectivity index (χ1v) is 7.12. The molecular formula is C17H10F4N4. The number of aromatic nitrogens is 3. The number of pyridine rings is 1. The molecule has 0 aliphatic carbocycles. The first-order valence-electron chi connectivity index (χ1n) is 7.12. The Morgan fingerprint density at radius 2 is 1.80 bits per heavy atom. The summed E-state index contributed by atoms with van der Waals surface area (Å²) in [5, 5.41) is 8.99. The summed E-state index contributed by atoms with van der Waals surface area (Å²) in [4.78, 5) is 8.13. The van der Waals surface area contributed by atoms with Gasteiger partial charge in [0.05, 0.1) is 29.3 Å². The molecule has 0 unspecified atom stereocenters. The molecule has 126 valence electrons. The van der Waals surface area contributed by atoms with Gasteiger partial charge in [0.15, 0.2) is 0 Å². The van der Waals surface area contributed by atoms with Gasteiger partial charge in [-0.25, -0.2) is 9.37 Å². The second kappa shape index (κ2) is 6.36. The van der Waals surface area contributed by atoms with Crippen molar-refractivity contribution < 1.29 is 17.6 Å². The van der Waals surface area contributed by atoms with E-state index in [0.717, 1.165) is 23.0 Å². The summed E-state index contributed by atoms with van der Waals surface area (Å²) in [6.45, 7) is -1.25. The molecule has 1 aromatic carbocycles. The highest BCUT2D eigenvalue weighted by molar-refractivity contribution is 5.77. The van der Waals surface area contributed by atoms with Crippen LogP contribution in [0.15, 0.2) is 48.9 Å². The van der Waals surface area contributed by atoms with Crippen LogP contribution in [-0.4, -0.2) is 20.7 Å². The van der Waals surface area contributed by atoms with Gasteiger partial charge < -0.3 is 4.57 Å². The van der Waals surface area contributed by atoms with Crippen molar-refractivity contribution >= 4 is 0 Å². The minimum absolute atomic E-state index is 0.153. The molecule has 0 saturated carbocycles. The van der Waals surface area contributed by atoms with Gasteiger partial charge in [0.2, 0.25) is 0 Å². The molecule has 0 atom stereocenters. The first-order chi connectivity index (χ1) is 11.9. The standard InChI is InChI=1S/C17H10F4N4/c18-13-3-1-12(2-4-13)16-15(14-7-11(8-22)5-6-23-14)24-10-25(16)9-17(19,20)21/h1-7,10H,9H2. The first kappa shape index (κ1) is 16.6. The summed E-state index contributed by atoms with van der Waals surface area (Å²) >= 11 is 0. The third-order valence-electron chi connectivity index (χ3n) is 3.44. The van der Waals surface area contributed by atoms with Gasteiger partial charge in [0.25, 0.3) is 0 Å². The monoisotopic (exact) mass is 346 g/mol. The lowest BCUT2D eigenvalue weighted by molar-refractivity contribution is -0.140. The highest BCUT2D eigenvalue weighted by atomic mass is 19.4. The van der Waals surface area contributed by atoms with Crippen molar-refractivity contribution in [2.45, 2.75) is 12.7 Å². The van der Waals surface area contributed by atoms with E-state index in [2.05, 4.69) is 9.97 Å². The Labute approximate surface area is 140 Å². The zero-order chi connectivity index (χ0) is 18.0. The van der Waals surface area contributed by atoms with Crippen LogP contribution in [0.2, 0.25) is 0 Å². The van der Waals surface area contributed by atoms with Crippen molar-refractivity contribution in [2.75, 3.05) is 0 Å². The number of nitriles is 1. The van der Waals surface area contributed by atoms with E-state index in [1.54, 1.807) is 0 Å². The van der Waals surface area contributed by atoms with E-state index in [4.69, 9.17) is 5.26 Å². The molecular weight excluding hydrogens is 336 g/mol. The van der Waals surface area contributed by atoms with Crippen molar-refractivity contribution in [3.63, 3.8) is 0 Å². The molecule has 0 aliphatic heterocycles. The van der Waals surface area contributed by atoms with Crippen molar-refractivity contribution in [1.29, 1.82) is 5.26 Å². The molecule has 4 nitrogen and oxygen atoms in total. The average molecular weight is 346 g/mol. The van der Waals surface area contributed by atoms with Crippen molar-refractivity contribution in [3.8, 4) is 28.7 Å². The molecule has 0 N–H and O–H groups in total. The van der Waals surface area contributed by atoms with E-state index < -0.39 is 18.5 Å². The highest BCUT2D eigenvalue weighted by Gasteiger charge is 2.30. The van der Waals surface area contributed by atoms with E-state index in [-0.39, 0.29) is 17.1 Å². The number of halogens is 4. The van der Waals surface area contributed by atoms with E-state index >= 15 is 0 Å². The van der Waals surface area contributed by atoms with Crippen LogP contribution < -0.4 is 0 Å². The van der Waals surface area contributed by atoms with Gasteiger partial charge >= 0.3 is 6.18 Å². The largest absolute Gasteiger partial charge is 0.406 e. The van der Waals surface area contributed by atoms with Gasteiger partial charge in [-0.05, 0) is 36.4 Å². The zero-order valence-electron chi connectivity index (χ0n) is 12.6. The number of rotatable bonds is 3. The molecule has 3 aromatic rings. The molecule has 3 rings (SSSR count). The number of nitrogens with zero attached hydrogens (tertiary/aromatic N) is 4. The Kier molecular flexibility index (Phi) is 4.23. The number of hydrogen-bond acceptors (Lipinski definition) is 3. The molecule has 0 saturated heterocycles. The Bertz CT molecular complexity index is 937. The quantitative estimate of drug-likeness (QED) is 0.669. The minimum Gasteiger partial charge on any atom is -0.321 e. The predicted octanol–water partition coefficient (Wildman–Crippen LogP) is 4.19. The maximum Gasteiger partial charge on any atom is 0.406 e. The summed E-state index contributed by atoms with van der Waals surface area (Å²) in [7, 11) is 0. The lowest BCUT2D eigenvalue weighted by atomic mass is 10.1. The number of benzene rings is 1. The van der Waals surface area contributed by atoms with Crippen LogP contribution in [0, 0.1) is 17.1 Å². The van der Waals surface area contributed by atoms with Crippen LogP contribution in [-0.2, 0) is 6.54 Å². The Morgan fingerprint density at radius 1 is 1.08 bits per heavy atom. The van der Waals surface area contributed by atoms with Gasteiger partial charge in [-0.1, -0.05) is 0 Å². The fourth-order valence-electron chi connectivity index (χ4n) is 2.42. The fourth-order valence-corrected chi connectivity index (χ4v) is 2.42.